The predicted octanol–water partition coefficient (Wildman–Crippen LogP) is 2.22. The Morgan fingerprint density at radius 1 is 0.967 bits per heavy atom. The first-order valence-corrected chi connectivity index (χ1v) is 9.25. The van der Waals surface area contributed by atoms with Crippen molar-refractivity contribution in [3.63, 3.8) is 0 Å². The van der Waals surface area contributed by atoms with Crippen LogP contribution in [0.3, 0.4) is 0 Å². The van der Waals surface area contributed by atoms with Gasteiger partial charge in [-0.15, -0.1) is 0 Å². The van der Waals surface area contributed by atoms with Crippen molar-refractivity contribution in [3.05, 3.63) is 81.1 Å². The van der Waals surface area contributed by atoms with Crippen LogP contribution in [0.2, 0.25) is 0 Å². The fourth-order valence-electron chi connectivity index (χ4n) is 3.26. The number of benzene rings is 2. The molecule has 0 N–H and O–H groups in total. The summed E-state index contributed by atoms with van der Waals surface area (Å²) in [5.41, 5.74) is 0.939. The normalized spacial score (nSPS) is 10.9. The number of hydrogen-bond donors (Lipinski definition) is 0. The number of aromatic nitrogens is 4. The van der Waals surface area contributed by atoms with E-state index in [1.807, 2.05) is 24.3 Å². The molecule has 0 saturated heterocycles. The monoisotopic (exact) mass is 404 g/mol. The molecule has 0 aliphatic carbocycles. The summed E-state index contributed by atoms with van der Waals surface area (Å²) >= 11 is 0. The maximum Gasteiger partial charge on any atom is 0.332 e. The fourth-order valence-corrected chi connectivity index (χ4v) is 3.26. The summed E-state index contributed by atoms with van der Waals surface area (Å²) in [7, 11) is 4.75. The van der Waals surface area contributed by atoms with Crippen molar-refractivity contribution < 1.29 is 9.47 Å². The summed E-state index contributed by atoms with van der Waals surface area (Å²) in [6.07, 6.45) is 1.46. The zero-order chi connectivity index (χ0) is 21.3. The summed E-state index contributed by atoms with van der Waals surface area (Å²) < 4.78 is 12.9. The number of aryl methyl sites for hydroxylation is 1. The highest BCUT2D eigenvalue weighted by atomic mass is 16.5. The number of hydrogen-bond acceptors (Lipinski definition) is 6. The van der Waals surface area contributed by atoms with Crippen LogP contribution < -0.4 is 20.7 Å². The number of fused-ring (bicyclic) bond motifs is 1. The lowest BCUT2D eigenvalue weighted by Gasteiger charge is -2.11. The lowest BCUT2D eigenvalue weighted by Crippen LogP contribution is -2.39. The molecule has 4 aromatic rings. The zero-order valence-corrected chi connectivity index (χ0v) is 16.8. The van der Waals surface area contributed by atoms with Gasteiger partial charge in [0.15, 0.2) is 11.5 Å². The molecule has 0 fully saturated rings. The van der Waals surface area contributed by atoms with Gasteiger partial charge in [0.05, 0.1) is 20.8 Å². The minimum atomic E-state index is -0.449. The highest BCUT2D eigenvalue weighted by molar-refractivity contribution is 5.75. The third-order valence-electron chi connectivity index (χ3n) is 4.90. The maximum atomic E-state index is 13.0. The second-order valence-electron chi connectivity index (χ2n) is 6.74. The molecular formula is C22H20N4O4. The molecule has 152 valence electrons. The van der Waals surface area contributed by atoms with E-state index < -0.39 is 11.2 Å². The Bertz CT molecular complexity index is 1340. The highest BCUT2D eigenvalue weighted by Gasteiger charge is 2.15. The minimum Gasteiger partial charge on any atom is -0.497 e. The van der Waals surface area contributed by atoms with Crippen molar-refractivity contribution in [2.45, 2.75) is 6.54 Å². The first-order chi connectivity index (χ1) is 14.5. The Kier molecular flexibility index (Phi) is 5.05. The number of ether oxygens (including phenoxy) is 2. The first-order valence-electron chi connectivity index (χ1n) is 9.25. The first kappa shape index (κ1) is 19.4. The zero-order valence-electron chi connectivity index (χ0n) is 16.8. The SMILES string of the molecule is COc1ccc(-c2ncc3c(=O)n(Cc4cccc(OC)c4)c(=O)n(C)c3n2)cc1. The van der Waals surface area contributed by atoms with E-state index >= 15 is 0 Å². The van der Waals surface area contributed by atoms with Crippen LogP contribution in [0.15, 0.2) is 64.3 Å². The average Bonchev–Trinajstić information content (AvgIpc) is 2.80. The van der Waals surface area contributed by atoms with Crippen LogP contribution in [0.5, 0.6) is 11.5 Å². The van der Waals surface area contributed by atoms with Gasteiger partial charge in [0, 0.05) is 18.8 Å². The molecule has 2 aromatic heterocycles. The van der Waals surface area contributed by atoms with E-state index in [2.05, 4.69) is 9.97 Å². The van der Waals surface area contributed by atoms with Gasteiger partial charge in [0.2, 0.25) is 0 Å². The molecule has 0 radical (unpaired) electrons. The Hall–Kier alpha value is -3.94. The van der Waals surface area contributed by atoms with Crippen molar-refractivity contribution in [1.29, 1.82) is 0 Å². The second-order valence-corrected chi connectivity index (χ2v) is 6.74. The number of methoxy groups -OCH3 is 2. The molecule has 8 heteroatoms. The molecule has 4 rings (SSSR count). The third kappa shape index (κ3) is 3.43. The quantitative estimate of drug-likeness (QED) is 0.507. The summed E-state index contributed by atoms with van der Waals surface area (Å²) in [4.78, 5) is 34.7. The minimum absolute atomic E-state index is 0.124. The van der Waals surface area contributed by atoms with Crippen molar-refractivity contribution in [2.24, 2.45) is 7.05 Å². The van der Waals surface area contributed by atoms with Crippen molar-refractivity contribution in [2.75, 3.05) is 14.2 Å². The highest BCUT2D eigenvalue weighted by Crippen LogP contribution is 2.20. The average molecular weight is 404 g/mol. The summed E-state index contributed by atoms with van der Waals surface area (Å²) in [5, 5.41) is 0.275. The van der Waals surface area contributed by atoms with Crippen LogP contribution in [-0.2, 0) is 13.6 Å². The Morgan fingerprint density at radius 3 is 2.40 bits per heavy atom. The fraction of sp³-hybridized carbons (Fsp3) is 0.182. The van der Waals surface area contributed by atoms with Crippen LogP contribution >= 0.6 is 0 Å². The van der Waals surface area contributed by atoms with Crippen LogP contribution in [0.25, 0.3) is 22.4 Å². The molecule has 2 heterocycles. The molecule has 0 bridgehead atoms. The summed E-state index contributed by atoms with van der Waals surface area (Å²) in [5.74, 6) is 1.79. The van der Waals surface area contributed by atoms with Gasteiger partial charge in [0.25, 0.3) is 5.56 Å². The maximum absolute atomic E-state index is 13.0. The molecule has 0 unspecified atom stereocenters. The van der Waals surface area contributed by atoms with Gasteiger partial charge in [0.1, 0.15) is 16.9 Å². The number of rotatable bonds is 5. The molecule has 0 amide bonds. The third-order valence-corrected chi connectivity index (χ3v) is 4.90. The number of nitrogens with zero attached hydrogens (tertiary/aromatic N) is 4. The van der Waals surface area contributed by atoms with E-state index in [4.69, 9.17) is 9.47 Å². The standard InChI is InChI=1S/C22H20N4O4/c1-25-20-18(12-23-19(24-20)15-7-9-16(29-2)10-8-15)21(27)26(22(25)28)13-14-5-4-6-17(11-14)30-3/h4-12H,13H2,1-3H3. The van der Waals surface area contributed by atoms with Gasteiger partial charge in [-0.2, -0.15) is 0 Å². The molecule has 0 aliphatic heterocycles. The van der Waals surface area contributed by atoms with Crippen LogP contribution in [0.4, 0.5) is 0 Å². The Labute approximate surface area is 172 Å². The van der Waals surface area contributed by atoms with Gasteiger partial charge >= 0.3 is 5.69 Å². The second kappa shape index (κ2) is 7.82. The summed E-state index contributed by atoms with van der Waals surface area (Å²) in [6, 6.07) is 14.5. The smallest absolute Gasteiger partial charge is 0.332 e. The Morgan fingerprint density at radius 2 is 1.70 bits per heavy atom. The topological polar surface area (TPSA) is 88.2 Å². The lowest BCUT2D eigenvalue weighted by atomic mass is 10.2. The van der Waals surface area contributed by atoms with E-state index in [9.17, 15) is 9.59 Å². The van der Waals surface area contributed by atoms with E-state index in [0.717, 1.165) is 11.1 Å². The van der Waals surface area contributed by atoms with E-state index in [0.29, 0.717) is 17.3 Å². The molecule has 0 atom stereocenters. The van der Waals surface area contributed by atoms with E-state index in [1.165, 1.54) is 15.3 Å². The molecule has 30 heavy (non-hydrogen) atoms. The molecule has 8 nitrogen and oxygen atoms in total. The van der Waals surface area contributed by atoms with Crippen molar-refractivity contribution >= 4 is 11.0 Å². The van der Waals surface area contributed by atoms with Crippen molar-refractivity contribution in [3.8, 4) is 22.9 Å². The molecule has 0 spiro atoms. The molecule has 0 aliphatic rings. The predicted molar refractivity (Wildman–Crippen MR) is 113 cm³/mol. The van der Waals surface area contributed by atoms with Gasteiger partial charge in [-0.1, -0.05) is 12.1 Å². The van der Waals surface area contributed by atoms with Gasteiger partial charge in [-0.25, -0.2) is 14.8 Å². The molecule has 2 aromatic carbocycles. The largest absolute Gasteiger partial charge is 0.497 e. The van der Waals surface area contributed by atoms with Gasteiger partial charge < -0.3 is 9.47 Å². The molecule has 0 saturated carbocycles. The Balaban J connectivity index is 1.81. The molecular weight excluding hydrogens is 384 g/mol. The summed E-state index contributed by atoms with van der Waals surface area (Å²) in [6.45, 7) is 0.124. The van der Waals surface area contributed by atoms with Gasteiger partial charge in [-0.3, -0.25) is 13.9 Å². The van der Waals surface area contributed by atoms with Crippen LogP contribution in [0.1, 0.15) is 5.56 Å². The van der Waals surface area contributed by atoms with E-state index in [1.54, 1.807) is 45.5 Å². The van der Waals surface area contributed by atoms with Crippen LogP contribution in [0, 0.1) is 0 Å². The van der Waals surface area contributed by atoms with E-state index in [-0.39, 0.29) is 17.6 Å². The van der Waals surface area contributed by atoms with Crippen molar-refractivity contribution in [1.82, 2.24) is 19.1 Å². The van der Waals surface area contributed by atoms with Gasteiger partial charge in [-0.05, 0) is 42.0 Å². The van der Waals surface area contributed by atoms with Crippen LogP contribution in [-0.4, -0.2) is 33.3 Å². The lowest BCUT2D eigenvalue weighted by molar-refractivity contribution is 0.414.